The van der Waals surface area contributed by atoms with Crippen molar-refractivity contribution in [3.63, 3.8) is 0 Å². The average molecular weight is 729 g/mol. The molecule has 4 aliphatic heterocycles. The fraction of sp³-hybridized carbons (Fsp3) is 0.917. The van der Waals surface area contributed by atoms with Crippen molar-refractivity contribution in [1.82, 2.24) is 20.0 Å². The Morgan fingerprint density at radius 2 is 1.75 bits per heavy atom. The number of hydrogen-bond donors (Lipinski definition) is 4. The number of rotatable bonds is 7. The summed E-state index contributed by atoms with van der Waals surface area (Å²) in [5.41, 5.74) is -2.44. The Labute approximate surface area is 303 Å². The van der Waals surface area contributed by atoms with Crippen LogP contribution in [0.1, 0.15) is 79.6 Å². The Morgan fingerprint density at radius 1 is 1.04 bits per heavy atom. The minimum atomic E-state index is -1.46. The van der Waals surface area contributed by atoms with Crippen LogP contribution in [0.5, 0.6) is 0 Å². The predicted octanol–water partition coefficient (Wildman–Crippen LogP) is 0.263. The molecule has 0 saturated carbocycles. The molecule has 0 aromatic heterocycles. The number of hydrogen-bond acceptors (Lipinski definition) is 12. The monoisotopic (exact) mass is 728 g/mol. The Morgan fingerprint density at radius 3 is 2.41 bits per heavy atom. The molecule has 0 unspecified atom stereocenters. The molecule has 4 heterocycles. The second-order valence-electron chi connectivity index (χ2n) is 15.9. The first-order valence-electron chi connectivity index (χ1n) is 18.6. The van der Waals surface area contributed by atoms with Crippen LogP contribution in [0.3, 0.4) is 0 Å². The molecule has 13 atom stereocenters. The minimum Gasteiger partial charge on any atom is -0.389 e. The molecule has 4 rings (SSSR count). The van der Waals surface area contributed by atoms with Crippen molar-refractivity contribution in [1.29, 1.82) is 0 Å². The van der Waals surface area contributed by atoms with Crippen LogP contribution in [0.15, 0.2) is 0 Å². The summed E-state index contributed by atoms with van der Waals surface area (Å²) >= 11 is 0. The maximum Gasteiger partial charge on any atom is 0.245 e. The second kappa shape index (κ2) is 17.5. The van der Waals surface area contributed by atoms with Crippen LogP contribution in [-0.4, -0.2) is 175 Å². The highest BCUT2D eigenvalue weighted by Crippen LogP contribution is 2.36. The van der Waals surface area contributed by atoms with Crippen LogP contribution in [-0.2, 0) is 38.1 Å². The van der Waals surface area contributed by atoms with Crippen LogP contribution in [0.4, 0.5) is 0 Å². The second-order valence-corrected chi connectivity index (χ2v) is 15.9. The fourth-order valence-electron chi connectivity index (χ4n) is 8.02. The molecule has 4 fully saturated rings. The Bertz CT molecular complexity index is 1190. The van der Waals surface area contributed by atoms with Crippen molar-refractivity contribution in [3.05, 3.63) is 0 Å². The molecule has 0 radical (unpaired) electrons. The highest BCUT2D eigenvalue weighted by Gasteiger charge is 2.48. The van der Waals surface area contributed by atoms with Crippen LogP contribution < -0.4 is 5.32 Å². The molecule has 51 heavy (non-hydrogen) atoms. The zero-order valence-corrected chi connectivity index (χ0v) is 32.1. The van der Waals surface area contributed by atoms with Gasteiger partial charge in [-0.3, -0.25) is 14.4 Å². The van der Waals surface area contributed by atoms with E-state index in [-0.39, 0.29) is 56.4 Å². The Hall–Kier alpha value is -1.95. The maximum atomic E-state index is 13.8. The first kappa shape index (κ1) is 41.8. The molecule has 0 aromatic carbocycles. The first-order valence-corrected chi connectivity index (χ1v) is 18.6. The number of likely N-dealkylation sites (N-methyl/N-ethyl adjacent to an activating group) is 2. The summed E-state index contributed by atoms with van der Waals surface area (Å²) < 4.78 is 31.0. The van der Waals surface area contributed by atoms with E-state index in [0.717, 1.165) is 0 Å². The van der Waals surface area contributed by atoms with Gasteiger partial charge in [0, 0.05) is 46.1 Å². The summed E-state index contributed by atoms with van der Waals surface area (Å²) in [5.74, 6) is -1.80. The van der Waals surface area contributed by atoms with E-state index in [4.69, 9.17) is 23.7 Å². The van der Waals surface area contributed by atoms with E-state index >= 15 is 0 Å². The molecule has 0 aromatic rings. The van der Waals surface area contributed by atoms with E-state index in [9.17, 15) is 29.7 Å². The molecule has 294 valence electrons. The van der Waals surface area contributed by atoms with Gasteiger partial charge in [-0.05, 0) is 73.9 Å². The zero-order chi connectivity index (χ0) is 37.8. The maximum absolute atomic E-state index is 13.8. The number of aliphatic hydroxyl groups excluding tert-OH is 2. The molecule has 4 N–H and O–H groups in total. The molecule has 15 heteroatoms. The molecule has 4 aliphatic rings. The van der Waals surface area contributed by atoms with Gasteiger partial charge in [0.25, 0.3) is 0 Å². The molecular weight excluding hydrogens is 664 g/mol. The topological polar surface area (TPSA) is 180 Å². The van der Waals surface area contributed by atoms with Gasteiger partial charge in [0.2, 0.25) is 17.7 Å². The third-order valence-corrected chi connectivity index (χ3v) is 11.6. The van der Waals surface area contributed by atoms with Crippen molar-refractivity contribution >= 4 is 17.7 Å². The highest BCUT2D eigenvalue weighted by molar-refractivity contribution is 5.91. The van der Waals surface area contributed by atoms with Crippen LogP contribution >= 0.6 is 0 Å². The van der Waals surface area contributed by atoms with E-state index in [2.05, 4.69) is 5.32 Å². The smallest absolute Gasteiger partial charge is 0.245 e. The highest BCUT2D eigenvalue weighted by atomic mass is 16.7. The van der Waals surface area contributed by atoms with Gasteiger partial charge in [0.15, 0.2) is 6.29 Å². The number of carbonyl (C=O) groups excluding carboxylic acids is 3. The summed E-state index contributed by atoms with van der Waals surface area (Å²) in [7, 11) is 7.03. The van der Waals surface area contributed by atoms with Gasteiger partial charge in [0.05, 0.1) is 60.8 Å². The summed E-state index contributed by atoms with van der Waals surface area (Å²) in [4.78, 5) is 45.6. The normalized spacial score (nSPS) is 42.6. The van der Waals surface area contributed by atoms with Crippen molar-refractivity contribution in [2.24, 2.45) is 5.92 Å². The lowest BCUT2D eigenvalue weighted by molar-refractivity contribution is -0.294. The lowest BCUT2D eigenvalue weighted by Gasteiger charge is -2.46. The lowest BCUT2D eigenvalue weighted by atomic mass is 9.85. The molecule has 0 bridgehead atoms. The van der Waals surface area contributed by atoms with Crippen molar-refractivity contribution in [3.8, 4) is 0 Å². The van der Waals surface area contributed by atoms with Crippen molar-refractivity contribution in [2.75, 3.05) is 54.5 Å². The summed E-state index contributed by atoms with van der Waals surface area (Å²) in [6.45, 7) is 9.27. The zero-order valence-electron chi connectivity index (χ0n) is 32.1. The number of carbonyl (C=O) groups is 3. The van der Waals surface area contributed by atoms with E-state index < -0.39 is 72.0 Å². The van der Waals surface area contributed by atoms with Crippen LogP contribution in [0, 0.1) is 5.92 Å². The molecule has 0 aliphatic carbocycles. The number of amides is 3. The van der Waals surface area contributed by atoms with Gasteiger partial charge in [-0.1, -0.05) is 6.92 Å². The quantitative estimate of drug-likeness (QED) is 0.282. The SMILES string of the molecule is CO[C@]1(C)C[C@H](O[C@H]2C[C@@H](OC[C@@H]3O[C@H](C)C[C@H](N(C)C)[C@H]3O)[C@](C)(O)CCCN(C)C(=O)[C@@H]3CCCN3C(=O)CNC(=O)[C@@H]2C)O[C@@H](C)[C@@H]1O. The van der Waals surface area contributed by atoms with Gasteiger partial charge < -0.3 is 59.0 Å². The number of nitrogens with zero attached hydrogens (tertiary/aromatic N) is 3. The molecular formula is C36H64N4O11. The molecule has 0 spiro atoms. The number of methoxy groups -OCH3 is 1. The van der Waals surface area contributed by atoms with Gasteiger partial charge in [0.1, 0.15) is 18.2 Å². The lowest BCUT2D eigenvalue weighted by Crippen LogP contribution is -2.58. The van der Waals surface area contributed by atoms with Crippen LogP contribution in [0.25, 0.3) is 0 Å². The minimum absolute atomic E-state index is 0.0285. The standard InChI is InChI=1S/C36H64N4O11/c1-21-16-25(38(6)7)31(42)27(49-21)20-48-28-17-26(51-30-18-36(5,47-9)32(43)23(3)50-30)22(2)33(44)37-19-29(41)40-15-10-12-24(40)34(45)39(8)14-11-13-35(28,4)46/h21-28,30-32,42-43,46H,10-20H2,1-9H3,(H,37,44)/t21-,22-,23+,24+,25+,26+,27+,28-,30+,31-,32+,35-,36-/m1/s1. The predicted molar refractivity (Wildman–Crippen MR) is 186 cm³/mol. The number of fused-ring (bicyclic) bond motifs is 1. The molecule has 15 nitrogen and oxygen atoms in total. The van der Waals surface area contributed by atoms with Gasteiger partial charge >= 0.3 is 0 Å². The van der Waals surface area contributed by atoms with Crippen LogP contribution in [0.2, 0.25) is 0 Å². The van der Waals surface area contributed by atoms with E-state index in [0.29, 0.717) is 38.8 Å². The Kier molecular flexibility index (Phi) is 14.3. The summed E-state index contributed by atoms with van der Waals surface area (Å²) in [6, 6.07) is -0.759. The van der Waals surface area contributed by atoms with E-state index in [1.807, 2.05) is 25.9 Å². The third kappa shape index (κ3) is 9.98. The average Bonchev–Trinajstić information content (AvgIpc) is 3.57. The number of ether oxygens (including phenoxy) is 5. The molecule has 4 saturated heterocycles. The van der Waals surface area contributed by atoms with E-state index in [1.54, 1.807) is 44.5 Å². The summed E-state index contributed by atoms with van der Waals surface area (Å²) in [6.07, 6.45) is -3.11. The van der Waals surface area contributed by atoms with Gasteiger partial charge in [-0.15, -0.1) is 0 Å². The number of aliphatic hydroxyl groups is 3. The summed E-state index contributed by atoms with van der Waals surface area (Å²) in [5, 5.41) is 36.9. The van der Waals surface area contributed by atoms with Gasteiger partial charge in [-0.2, -0.15) is 0 Å². The van der Waals surface area contributed by atoms with E-state index in [1.165, 1.54) is 7.11 Å². The largest absolute Gasteiger partial charge is 0.389 e. The third-order valence-electron chi connectivity index (χ3n) is 11.6. The number of nitrogens with one attached hydrogen (secondary N) is 1. The van der Waals surface area contributed by atoms with Crippen molar-refractivity contribution < 1.29 is 53.4 Å². The van der Waals surface area contributed by atoms with Gasteiger partial charge in [-0.25, -0.2) is 0 Å². The Balaban J connectivity index is 1.65. The van der Waals surface area contributed by atoms with Crippen molar-refractivity contribution in [2.45, 2.75) is 152 Å². The fourth-order valence-corrected chi connectivity index (χ4v) is 8.02. The molecule has 3 amide bonds. The first-order chi connectivity index (χ1) is 23.9.